The van der Waals surface area contributed by atoms with Crippen LogP contribution in [0.15, 0.2) is 55.0 Å². The van der Waals surface area contributed by atoms with Crippen molar-refractivity contribution in [2.45, 2.75) is 25.4 Å². The number of anilines is 4. The molecule has 6 rings (SSSR count). The molecule has 41 heavy (non-hydrogen) atoms. The lowest BCUT2D eigenvalue weighted by Gasteiger charge is -2.32. The number of carbonyl (C=O) groups is 1. The lowest BCUT2D eigenvalue weighted by molar-refractivity contribution is 0.112. The number of hydrogen-bond acceptors (Lipinski definition) is 8. The molecule has 0 spiro atoms. The van der Waals surface area contributed by atoms with Gasteiger partial charge in [-0.2, -0.15) is 0 Å². The Labute approximate surface area is 235 Å². The van der Waals surface area contributed by atoms with Gasteiger partial charge in [-0.3, -0.25) is 0 Å². The highest BCUT2D eigenvalue weighted by Gasteiger charge is 2.26. The van der Waals surface area contributed by atoms with E-state index in [1.807, 2.05) is 24.3 Å². The fourth-order valence-electron chi connectivity index (χ4n) is 4.90. The van der Waals surface area contributed by atoms with Crippen LogP contribution in [0.25, 0.3) is 10.9 Å². The quantitative estimate of drug-likeness (QED) is 0.312. The SMILES string of the molecule is COc1cc(Nc2ncnc3cnc(N4CCC4)cc23)ccc1OC1CCN(C(=O)Nc2c(F)cccc2F)CC1. The summed E-state index contributed by atoms with van der Waals surface area (Å²) in [4.78, 5) is 29.6. The Hall–Kier alpha value is -4.74. The molecule has 2 aromatic heterocycles. The number of fused-ring (bicyclic) bond motifs is 1. The molecule has 2 amide bonds. The molecule has 212 valence electrons. The van der Waals surface area contributed by atoms with E-state index in [1.54, 1.807) is 13.3 Å². The van der Waals surface area contributed by atoms with Crippen molar-refractivity contribution < 1.29 is 23.0 Å². The third-order valence-corrected chi connectivity index (χ3v) is 7.33. The zero-order valence-electron chi connectivity index (χ0n) is 22.4. The van der Waals surface area contributed by atoms with Crippen LogP contribution < -0.4 is 25.0 Å². The van der Waals surface area contributed by atoms with Crippen molar-refractivity contribution in [1.29, 1.82) is 0 Å². The molecular weight excluding hydrogens is 532 g/mol. The Kier molecular flexibility index (Phi) is 7.36. The molecule has 2 aliphatic rings. The largest absolute Gasteiger partial charge is 0.493 e. The van der Waals surface area contributed by atoms with Gasteiger partial charge in [0, 0.05) is 56.2 Å². The van der Waals surface area contributed by atoms with Gasteiger partial charge in [0.1, 0.15) is 41.4 Å². The summed E-state index contributed by atoms with van der Waals surface area (Å²) in [6.45, 7) is 2.74. The lowest BCUT2D eigenvalue weighted by Crippen LogP contribution is -2.44. The van der Waals surface area contributed by atoms with Crippen LogP contribution in [-0.2, 0) is 0 Å². The van der Waals surface area contributed by atoms with Gasteiger partial charge >= 0.3 is 6.03 Å². The first-order valence-electron chi connectivity index (χ1n) is 13.5. The first-order chi connectivity index (χ1) is 20.0. The molecule has 2 aliphatic heterocycles. The van der Waals surface area contributed by atoms with Gasteiger partial charge in [0.25, 0.3) is 0 Å². The van der Waals surface area contributed by atoms with Gasteiger partial charge in [-0.1, -0.05) is 6.07 Å². The monoisotopic (exact) mass is 561 g/mol. The van der Waals surface area contributed by atoms with Crippen molar-refractivity contribution in [3.05, 3.63) is 66.6 Å². The lowest BCUT2D eigenvalue weighted by atomic mass is 10.1. The number of aromatic nitrogens is 3. The molecule has 0 unspecified atom stereocenters. The molecule has 0 bridgehead atoms. The van der Waals surface area contributed by atoms with Gasteiger partial charge in [-0.15, -0.1) is 0 Å². The Bertz CT molecular complexity index is 1560. The van der Waals surface area contributed by atoms with Gasteiger partial charge in [-0.25, -0.2) is 28.5 Å². The maximum atomic E-state index is 13.9. The van der Waals surface area contributed by atoms with Crippen LogP contribution in [0.3, 0.4) is 0 Å². The van der Waals surface area contributed by atoms with E-state index in [4.69, 9.17) is 9.47 Å². The third kappa shape index (κ3) is 5.63. The third-order valence-electron chi connectivity index (χ3n) is 7.33. The molecule has 10 nitrogen and oxygen atoms in total. The van der Waals surface area contributed by atoms with Gasteiger partial charge in [-0.05, 0) is 36.8 Å². The summed E-state index contributed by atoms with van der Waals surface area (Å²) in [6.07, 6.45) is 5.38. The number of amides is 2. The highest BCUT2D eigenvalue weighted by molar-refractivity contribution is 5.92. The van der Waals surface area contributed by atoms with Gasteiger partial charge < -0.3 is 29.9 Å². The molecule has 2 fully saturated rings. The molecule has 2 N–H and O–H groups in total. The number of urea groups is 1. The molecule has 0 radical (unpaired) electrons. The standard InChI is InChI=1S/C29H29F2N7O3/c1-40-25-14-18(35-28-20-15-26(37-10-3-11-37)32-16-23(20)33-17-34-28)6-7-24(25)41-19-8-12-38(13-9-19)29(39)36-27-21(30)4-2-5-22(27)31/h2,4-7,14-17,19H,3,8-13H2,1H3,(H,36,39)(H,33,34,35). The van der Waals surface area contributed by atoms with E-state index in [9.17, 15) is 13.6 Å². The second-order valence-corrected chi connectivity index (χ2v) is 9.94. The van der Waals surface area contributed by atoms with Crippen LogP contribution in [-0.4, -0.2) is 65.3 Å². The second kappa shape index (κ2) is 11.4. The Morgan fingerprint density at radius 1 is 0.976 bits per heavy atom. The number of ether oxygens (including phenoxy) is 2. The van der Waals surface area contributed by atoms with Gasteiger partial charge in [0.05, 0.1) is 18.8 Å². The topological polar surface area (TPSA) is 105 Å². The number of carbonyl (C=O) groups excluding carboxylic acids is 1. The number of methoxy groups -OCH3 is 1. The minimum atomic E-state index is -0.817. The summed E-state index contributed by atoms with van der Waals surface area (Å²) in [5, 5.41) is 6.57. The van der Waals surface area contributed by atoms with Crippen LogP contribution in [0.4, 0.5) is 36.6 Å². The number of rotatable bonds is 7. The average molecular weight is 562 g/mol. The molecule has 0 aliphatic carbocycles. The predicted molar refractivity (Wildman–Crippen MR) is 151 cm³/mol. The number of halogens is 2. The first-order valence-corrected chi connectivity index (χ1v) is 13.5. The fourth-order valence-corrected chi connectivity index (χ4v) is 4.90. The number of hydrogen-bond donors (Lipinski definition) is 2. The highest BCUT2D eigenvalue weighted by atomic mass is 19.1. The zero-order chi connectivity index (χ0) is 28.3. The number of nitrogens with zero attached hydrogens (tertiary/aromatic N) is 5. The predicted octanol–water partition coefficient (Wildman–Crippen LogP) is 5.34. The molecule has 4 heterocycles. The van der Waals surface area contributed by atoms with E-state index < -0.39 is 23.4 Å². The van der Waals surface area contributed by atoms with E-state index in [1.165, 1.54) is 17.3 Å². The molecule has 4 aromatic rings. The normalized spacial score (nSPS) is 15.4. The summed E-state index contributed by atoms with van der Waals surface area (Å²) in [5.74, 6) is 1.06. The summed E-state index contributed by atoms with van der Waals surface area (Å²) in [6, 6.07) is 10.5. The number of benzene rings is 2. The molecular formula is C29H29F2N7O3. The summed E-state index contributed by atoms with van der Waals surface area (Å²) >= 11 is 0. The van der Waals surface area contributed by atoms with Crippen LogP contribution in [0.1, 0.15) is 19.3 Å². The van der Waals surface area contributed by atoms with Gasteiger partial charge in [0.15, 0.2) is 11.5 Å². The Morgan fingerprint density at radius 2 is 1.76 bits per heavy atom. The van der Waals surface area contributed by atoms with Crippen molar-refractivity contribution in [2.24, 2.45) is 0 Å². The van der Waals surface area contributed by atoms with Crippen molar-refractivity contribution in [3.63, 3.8) is 0 Å². The van der Waals surface area contributed by atoms with Crippen molar-refractivity contribution in [2.75, 3.05) is 48.8 Å². The maximum absolute atomic E-state index is 13.9. The van der Waals surface area contributed by atoms with Gasteiger partial charge in [0.2, 0.25) is 0 Å². The second-order valence-electron chi connectivity index (χ2n) is 9.94. The minimum absolute atomic E-state index is 0.157. The highest BCUT2D eigenvalue weighted by Crippen LogP contribution is 2.35. The fraction of sp³-hybridized carbons (Fsp3) is 0.310. The Balaban J connectivity index is 1.10. The van der Waals surface area contributed by atoms with Crippen LogP contribution in [0.5, 0.6) is 11.5 Å². The summed E-state index contributed by atoms with van der Waals surface area (Å²) < 4.78 is 39.7. The molecule has 0 atom stereocenters. The molecule has 2 saturated heterocycles. The number of nitrogens with one attached hydrogen (secondary N) is 2. The Morgan fingerprint density at radius 3 is 2.46 bits per heavy atom. The van der Waals surface area contributed by atoms with E-state index >= 15 is 0 Å². The van der Waals surface area contributed by atoms with Crippen LogP contribution in [0, 0.1) is 11.6 Å². The van der Waals surface area contributed by atoms with Crippen molar-refractivity contribution >= 4 is 39.9 Å². The van der Waals surface area contributed by atoms with Crippen LogP contribution in [0.2, 0.25) is 0 Å². The molecule has 2 aromatic carbocycles. The minimum Gasteiger partial charge on any atom is -0.493 e. The van der Waals surface area contributed by atoms with E-state index in [0.29, 0.717) is 43.2 Å². The summed E-state index contributed by atoms with van der Waals surface area (Å²) in [5.41, 5.74) is 1.07. The maximum Gasteiger partial charge on any atom is 0.322 e. The first kappa shape index (κ1) is 26.5. The number of pyridine rings is 1. The van der Waals surface area contributed by atoms with Crippen molar-refractivity contribution in [1.82, 2.24) is 19.9 Å². The average Bonchev–Trinajstić information content (AvgIpc) is 2.95. The van der Waals surface area contributed by atoms with Crippen molar-refractivity contribution in [3.8, 4) is 11.5 Å². The molecule has 0 saturated carbocycles. The van der Waals surface area contributed by atoms with Crippen LogP contribution >= 0.6 is 0 Å². The van der Waals surface area contributed by atoms with E-state index in [0.717, 1.165) is 54.1 Å². The number of para-hydroxylation sites is 1. The van der Waals surface area contributed by atoms with E-state index in [-0.39, 0.29) is 6.10 Å². The molecule has 12 heteroatoms. The summed E-state index contributed by atoms with van der Waals surface area (Å²) in [7, 11) is 1.58. The number of likely N-dealkylation sites (tertiary alicyclic amines) is 1. The zero-order valence-corrected chi connectivity index (χ0v) is 22.4. The number of piperidine rings is 1. The van der Waals surface area contributed by atoms with E-state index in [2.05, 4.69) is 30.5 Å². The smallest absolute Gasteiger partial charge is 0.322 e.